The molecule has 2 aromatic rings. The first kappa shape index (κ1) is 11.5. The van der Waals surface area contributed by atoms with E-state index >= 15 is 0 Å². The average Bonchev–Trinajstić information content (AvgIpc) is 2.60. The normalized spacial score (nSPS) is 11.2. The summed E-state index contributed by atoms with van der Waals surface area (Å²) in [5.74, 6) is -0.336. The number of esters is 1. The number of ether oxygens (including phenoxy) is 1. The SMILES string of the molecule is COC(=O)C=Cc1c(C)n(C)c2ccccc12. The monoisotopic (exact) mass is 229 g/mol. The first-order chi connectivity index (χ1) is 8.15. The summed E-state index contributed by atoms with van der Waals surface area (Å²) in [4.78, 5) is 11.1. The van der Waals surface area contributed by atoms with E-state index in [9.17, 15) is 4.79 Å². The van der Waals surface area contributed by atoms with E-state index in [-0.39, 0.29) is 5.97 Å². The van der Waals surface area contributed by atoms with Crippen molar-refractivity contribution < 1.29 is 9.53 Å². The second-order valence-corrected chi connectivity index (χ2v) is 3.93. The van der Waals surface area contributed by atoms with Gasteiger partial charge in [0.15, 0.2) is 0 Å². The highest BCUT2D eigenvalue weighted by atomic mass is 16.5. The summed E-state index contributed by atoms with van der Waals surface area (Å²) in [5.41, 5.74) is 3.36. The van der Waals surface area contributed by atoms with Crippen molar-refractivity contribution in [1.82, 2.24) is 4.57 Å². The fraction of sp³-hybridized carbons (Fsp3) is 0.214. The second-order valence-electron chi connectivity index (χ2n) is 3.93. The van der Waals surface area contributed by atoms with Crippen molar-refractivity contribution in [1.29, 1.82) is 0 Å². The standard InChI is InChI=1S/C14H15NO2/c1-10-11(8-9-14(16)17-3)12-6-4-5-7-13(12)15(10)2/h4-9H,1-3H3. The molecule has 1 aromatic carbocycles. The van der Waals surface area contributed by atoms with Gasteiger partial charge in [-0.2, -0.15) is 0 Å². The van der Waals surface area contributed by atoms with Crippen molar-refractivity contribution in [3.63, 3.8) is 0 Å². The smallest absolute Gasteiger partial charge is 0.330 e. The van der Waals surface area contributed by atoms with Crippen LogP contribution in [0.3, 0.4) is 0 Å². The summed E-state index contributed by atoms with van der Waals surface area (Å²) in [6, 6.07) is 8.13. The summed E-state index contributed by atoms with van der Waals surface area (Å²) in [6.45, 7) is 2.04. The number of hydrogen-bond donors (Lipinski definition) is 0. The molecule has 0 fully saturated rings. The molecular weight excluding hydrogens is 214 g/mol. The molecule has 0 N–H and O–H groups in total. The zero-order valence-electron chi connectivity index (χ0n) is 10.2. The highest BCUT2D eigenvalue weighted by Gasteiger charge is 2.08. The molecule has 0 radical (unpaired) electrons. The quantitative estimate of drug-likeness (QED) is 0.585. The zero-order valence-corrected chi connectivity index (χ0v) is 10.2. The van der Waals surface area contributed by atoms with Crippen LogP contribution in [0.15, 0.2) is 30.3 Å². The van der Waals surface area contributed by atoms with Crippen LogP contribution >= 0.6 is 0 Å². The van der Waals surface area contributed by atoms with Gasteiger partial charge in [0, 0.05) is 35.3 Å². The molecule has 2 rings (SSSR count). The number of fused-ring (bicyclic) bond motifs is 1. The molecule has 3 nitrogen and oxygen atoms in total. The molecule has 3 heteroatoms. The van der Waals surface area contributed by atoms with E-state index in [1.807, 2.05) is 32.2 Å². The van der Waals surface area contributed by atoms with Gasteiger partial charge in [0.1, 0.15) is 0 Å². The molecule has 0 bridgehead atoms. The highest BCUT2D eigenvalue weighted by Crippen LogP contribution is 2.25. The number of nitrogens with zero attached hydrogens (tertiary/aromatic N) is 1. The van der Waals surface area contributed by atoms with Crippen LogP contribution in [-0.4, -0.2) is 17.6 Å². The van der Waals surface area contributed by atoms with E-state index < -0.39 is 0 Å². The molecule has 0 unspecified atom stereocenters. The van der Waals surface area contributed by atoms with Crippen LogP contribution in [0.2, 0.25) is 0 Å². The van der Waals surface area contributed by atoms with Gasteiger partial charge in [-0.15, -0.1) is 0 Å². The maximum atomic E-state index is 11.1. The Morgan fingerprint density at radius 2 is 2.06 bits per heavy atom. The number of benzene rings is 1. The number of carbonyl (C=O) groups excluding carboxylic acids is 1. The van der Waals surface area contributed by atoms with Gasteiger partial charge >= 0.3 is 5.97 Å². The van der Waals surface area contributed by atoms with Crippen LogP contribution in [0.25, 0.3) is 17.0 Å². The maximum absolute atomic E-state index is 11.1. The van der Waals surface area contributed by atoms with Crippen LogP contribution in [0.4, 0.5) is 0 Å². The van der Waals surface area contributed by atoms with Gasteiger partial charge < -0.3 is 9.30 Å². The Balaban J connectivity index is 2.57. The maximum Gasteiger partial charge on any atom is 0.330 e. The van der Waals surface area contributed by atoms with Crippen molar-refractivity contribution in [2.75, 3.05) is 7.11 Å². The molecule has 1 aromatic heterocycles. The van der Waals surface area contributed by atoms with Gasteiger partial charge in [-0.3, -0.25) is 0 Å². The van der Waals surface area contributed by atoms with Crippen molar-refractivity contribution in [2.45, 2.75) is 6.92 Å². The topological polar surface area (TPSA) is 31.2 Å². The Kier molecular flexibility index (Phi) is 3.00. The minimum Gasteiger partial charge on any atom is -0.466 e. The second kappa shape index (κ2) is 4.45. The Bertz CT molecular complexity index is 594. The van der Waals surface area contributed by atoms with E-state index in [0.717, 1.165) is 22.2 Å². The number of para-hydroxylation sites is 1. The van der Waals surface area contributed by atoms with E-state index in [1.165, 1.54) is 13.2 Å². The van der Waals surface area contributed by atoms with Gasteiger partial charge in [0.05, 0.1) is 7.11 Å². The number of aromatic nitrogens is 1. The molecular formula is C14H15NO2. The van der Waals surface area contributed by atoms with E-state index in [4.69, 9.17) is 0 Å². The number of methoxy groups -OCH3 is 1. The van der Waals surface area contributed by atoms with Crippen molar-refractivity contribution in [3.05, 3.63) is 41.6 Å². The zero-order chi connectivity index (χ0) is 12.4. The molecule has 0 aliphatic heterocycles. The van der Waals surface area contributed by atoms with Crippen LogP contribution < -0.4 is 0 Å². The molecule has 0 aliphatic rings. The highest BCUT2D eigenvalue weighted by molar-refractivity contribution is 5.95. The Morgan fingerprint density at radius 3 is 2.76 bits per heavy atom. The largest absolute Gasteiger partial charge is 0.466 e. The lowest BCUT2D eigenvalue weighted by atomic mass is 10.1. The van der Waals surface area contributed by atoms with E-state index in [2.05, 4.69) is 21.4 Å². The minimum absolute atomic E-state index is 0.336. The number of carbonyl (C=O) groups is 1. The van der Waals surface area contributed by atoms with Gasteiger partial charge in [0.2, 0.25) is 0 Å². The summed E-state index contributed by atoms with van der Waals surface area (Å²) >= 11 is 0. The average molecular weight is 229 g/mol. The third kappa shape index (κ3) is 1.96. The van der Waals surface area contributed by atoms with Crippen LogP contribution in [0.1, 0.15) is 11.3 Å². The fourth-order valence-corrected chi connectivity index (χ4v) is 1.98. The van der Waals surface area contributed by atoms with Crippen molar-refractivity contribution in [3.8, 4) is 0 Å². The Hall–Kier alpha value is -2.03. The van der Waals surface area contributed by atoms with Crippen LogP contribution in [0, 0.1) is 6.92 Å². The van der Waals surface area contributed by atoms with Crippen LogP contribution in [0.5, 0.6) is 0 Å². The lowest BCUT2D eigenvalue weighted by Crippen LogP contribution is -1.94. The van der Waals surface area contributed by atoms with Gasteiger partial charge in [-0.1, -0.05) is 18.2 Å². The van der Waals surface area contributed by atoms with E-state index in [1.54, 1.807) is 0 Å². The fourth-order valence-electron chi connectivity index (χ4n) is 1.98. The summed E-state index contributed by atoms with van der Waals surface area (Å²) in [7, 11) is 3.40. The molecule has 1 heterocycles. The molecule has 0 saturated heterocycles. The predicted octanol–water partition coefficient (Wildman–Crippen LogP) is 2.67. The number of aryl methyl sites for hydroxylation is 1. The van der Waals surface area contributed by atoms with Gasteiger partial charge in [-0.25, -0.2) is 4.79 Å². The van der Waals surface area contributed by atoms with Crippen molar-refractivity contribution >= 4 is 22.9 Å². The van der Waals surface area contributed by atoms with Gasteiger partial charge in [0.25, 0.3) is 0 Å². The molecule has 17 heavy (non-hydrogen) atoms. The third-order valence-electron chi connectivity index (χ3n) is 3.04. The molecule has 0 aliphatic carbocycles. The lowest BCUT2D eigenvalue weighted by molar-refractivity contribution is -0.134. The van der Waals surface area contributed by atoms with E-state index in [0.29, 0.717) is 0 Å². The molecule has 0 amide bonds. The Morgan fingerprint density at radius 1 is 1.35 bits per heavy atom. The Labute approximate surface area is 100 Å². The lowest BCUT2D eigenvalue weighted by Gasteiger charge is -1.97. The summed E-state index contributed by atoms with van der Waals surface area (Å²) in [6.07, 6.45) is 3.26. The van der Waals surface area contributed by atoms with Gasteiger partial charge in [-0.05, 0) is 19.1 Å². The number of rotatable bonds is 2. The summed E-state index contributed by atoms with van der Waals surface area (Å²) in [5, 5.41) is 1.15. The molecule has 0 spiro atoms. The third-order valence-corrected chi connectivity index (χ3v) is 3.04. The molecule has 88 valence electrons. The van der Waals surface area contributed by atoms with Crippen LogP contribution in [-0.2, 0) is 16.6 Å². The summed E-state index contributed by atoms with van der Waals surface area (Å²) < 4.78 is 6.72. The molecule has 0 atom stereocenters. The minimum atomic E-state index is -0.336. The first-order valence-electron chi connectivity index (χ1n) is 5.45. The molecule has 0 saturated carbocycles. The predicted molar refractivity (Wildman–Crippen MR) is 68.7 cm³/mol. The van der Waals surface area contributed by atoms with Crippen molar-refractivity contribution in [2.24, 2.45) is 7.05 Å². The first-order valence-corrected chi connectivity index (χ1v) is 5.45. The number of hydrogen-bond acceptors (Lipinski definition) is 2.